The van der Waals surface area contributed by atoms with Crippen molar-refractivity contribution < 1.29 is 9.47 Å². The summed E-state index contributed by atoms with van der Waals surface area (Å²) in [7, 11) is 0. The lowest BCUT2D eigenvalue weighted by molar-refractivity contribution is -0.106. The molecule has 0 radical (unpaired) electrons. The molecular weight excluding hydrogens is 200 g/mol. The normalized spacial score (nSPS) is 26.8. The molecule has 3 unspecified atom stereocenters. The Balaban J connectivity index is 2.22. The predicted molar refractivity (Wildman–Crippen MR) is 67.3 cm³/mol. The molecular formula is C14H26O2. The minimum absolute atomic E-state index is 0.0564. The molecule has 1 aliphatic heterocycles. The molecule has 94 valence electrons. The van der Waals surface area contributed by atoms with E-state index in [1.165, 1.54) is 18.4 Å². The van der Waals surface area contributed by atoms with Gasteiger partial charge in [0.2, 0.25) is 0 Å². The molecule has 2 heteroatoms. The Morgan fingerprint density at radius 1 is 1.50 bits per heavy atom. The monoisotopic (exact) mass is 226 g/mol. The van der Waals surface area contributed by atoms with Gasteiger partial charge in [-0.1, -0.05) is 18.6 Å². The van der Waals surface area contributed by atoms with Crippen LogP contribution in [0.2, 0.25) is 0 Å². The van der Waals surface area contributed by atoms with E-state index in [4.69, 9.17) is 9.47 Å². The van der Waals surface area contributed by atoms with Crippen LogP contribution in [0, 0.1) is 11.8 Å². The van der Waals surface area contributed by atoms with Crippen LogP contribution in [0.25, 0.3) is 0 Å². The Hall–Kier alpha value is -0.340. The Kier molecular flexibility index (Phi) is 6.07. The van der Waals surface area contributed by atoms with Gasteiger partial charge in [-0.15, -0.1) is 0 Å². The molecule has 0 saturated carbocycles. The van der Waals surface area contributed by atoms with Crippen molar-refractivity contribution >= 4 is 0 Å². The lowest BCUT2D eigenvalue weighted by Gasteiger charge is -2.16. The highest BCUT2D eigenvalue weighted by atomic mass is 16.7. The van der Waals surface area contributed by atoms with Crippen LogP contribution in [0.3, 0.4) is 0 Å². The molecule has 1 rings (SSSR count). The van der Waals surface area contributed by atoms with Crippen molar-refractivity contribution in [2.45, 2.75) is 53.2 Å². The van der Waals surface area contributed by atoms with Crippen LogP contribution in [0.15, 0.2) is 11.6 Å². The molecule has 16 heavy (non-hydrogen) atoms. The highest BCUT2D eigenvalue weighted by molar-refractivity contribution is 4.93. The van der Waals surface area contributed by atoms with Gasteiger partial charge in [0, 0.05) is 13.0 Å². The van der Waals surface area contributed by atoms with Crippen molar-refractivity contribution in [3.8, 4) is 0 Å². The summed E-state index contributed by atoms with van der Waals surface area (Å²) in [5.41, 5.74) is 1.42. The van der Waals surface area contributed by atoms with E-state index >= 15 is 0 Å². The Morgan fingerprint density at radius 2 is 2.25 bits per heavy atom. The predicted octanol–water partition coefficient (Wildman–Crippen LogP) is 3.77. The van der Waals surface area contributed by atoms with Gasteiger partial charge in [0.05, 0.1) is 6.61 Å². The third-order valence-electron chi connectivity index (χ3n) is 3.32. The van der Waals surface area contributed by atoms with Gasteiger partial charge in [-0.25, -0.2) is 0 Å². The molecule has 3 atom stereocenters. The van der Waals surface area contributed by atoms with Gasteiger partial charge in [-0.2, -0.15) is 0 Å². The number of hydrogen-bond donors (Lipinski definition) is 0. The minimum atomic E-state index is 0.0564. The first kappa shape index (κ1) is 13.7. The maximum atomic E-state index is 5.62. The van der Waals surface area contributed by atoms with Gasteiger partial charge in [0.25, 0.3) is 0 Å². The zero-order chi connectivity index (χ0) is 12.0. The summed E-state index contributed by atoms with van der Waals surface area (Å²) < 4.78 is 11.1. The van der Waals surface area contributed by atoms with E-state index in [9.17, 15) is 0 Å². The number of allylic oxidation sites excluding steroid dienone is 2. The van der Waals surface area contributed by atoms with Crippen molar-refractivity contribution in [1.82, 2.24) is 0 Å². The first-order chi connectivity index (χ1) is 7.63. The molecule has 0 bridgehead atoms. The molecule has 0 aromatic heterocycles. The maximum Gasteiger partial charge on any atom is 0.157 e. The fourth-order valence-electron chi connectivity index (χ4n) is 2.18. The van der Waals surface area contributed by atoms with E-state index in [1.54, 1.807) is 0 Å². The molecule has 1 aliphatic rings. The van der Waals surface area contributed by atoms with Gasteiger partial charge in [-0.05, 0) is 45.4 Å². The fraction of sp³-hybridized carbons (Fsp3) is 0.857. The van der Waals surface area contributed by atoms with E-state index in [2.05, 4.69) is 26.8 Å². The summed E-state index contributed by atoms with van der Waals surface area (Å²) in [4.78, 5) is 0. The second-order valence-corrected chi connectivity index (χ2v) is 5.05. The molecule has 1 saturated heterocycles. The second-order valence-electron chi connectivity index (χ2n) is 5.05. The van der Waals surface area contributed by atoms with Crippen molar-refractivity contribution in [3.63, 3.8) is 0 Å². The Labute approximate surface area is 100 Å². The average Bonchev–Trinajstić information content (AvgIpc) is 2.66. The van der Waals surface area contributed by atoms with Gasteiger partial charge in [0.15, 0.2) is 6.29 Å². The van der Waals surface area contributed by atoms with Crippen LogP contribution in [0.5, 0.6) is 0 Å². The quantitative estimate of drug-likeness (QED) is 0.642. The third kappa shape index (κ3) is 4.67. The molecule has 0 aromatic rings. The molecule has 2 nitrogen and oxygen atoms in total. The molecule has 0 aromatic carbocycles. The van der Waals surface area contributed by atoms with Crippen LogP contribution in [0.4, 0.5) is 0 Å². The summed E-state index contributed by atoms with van der Waals surface area (Å²) in [6, 6.07) is 0. The van der Waals surface area contributed by atoms with E-state index in [0.717, 1.165) is 25.6 Å². The van der Waals surface area contributed by atoms with Gasteiger partial charge in [0.1, 0.15) is 0 Å². The maximum absolute atomic E-state index is 5.62. The van der Waals surface area contributed by atoms with Crippen molar-refractivity contribution in [2.24, 2.45) is 11.8 Å². The molecule has 1 fully saturated rings. The SMILES string of the molecule is CCOC1CC(C(C)CCC=C(C)C)CO1. The molecule has 0 N–H and O–H groups in total. The van der Waals surface area contributed by atoms with Gasteiger partial charge < -0.3 is 9.47 Å². The van der Waals surface area contributed by atoms with Crippen LogP contribution in [-0.2, 0) is 9.47 Å². The number of ether oxygens (including phenoxy) is 2. The van der Waals surface area contributed by atoms with E-state index < -0.39 is 0 Å². The lowest BCUT2D eigenvalue weighted by Crippen LogP contribution is -2.13. The molecule has 0 spiro atoms. The number of rotatable bonds is 6. The fourth-order valence-corrected chi connectivity index (χ4v) is 2.18. The lowest BCUT2D eigenvalue weighted by atomic mass is 9.89. The van der Waals surface area contributed by atoms with E-state index in [0.29, 0.717) is 5.92 Å². The van der Waals surface area contributed by atoms with Crippen LogP contribution in [0.1, 0.15) is 47.0 Å². The summed E-state index contributed by atoms with van der Waals surface area (Å²) in [6.45, 7) is 10.3. The Bertz CT molecular complexity index is 219. The second kappa shape index (κ2) is 7.08. The molecule has 0 amide bonds. The topological polar surface area (TPSA) is 18.5 Å². The van der Waals surface area contributed by atoms with Gasteiger partial charge in [-0.3, -0.25) is 0 Å². The zero-order valence-corrected chi connectivity index (χ0v) is 11.2. The van der Waals surface area contributed by atoms with Crippen LogP contribution >= 0.6 is 0 Å². The van der Waals surface area contributed by atoms with Gasteiger partial charge >= 0.3 is 0 Å². The number of hydrogen-bond acceptors (Lipinski definition) is 2. The average molecular weight is 226 g/mol. The summed E-state index contributed by atoms with van der Waals surface area (Å²) in [5, 5.41) is 0. The van der Waals surface area contributed by atoms with Crippen molar-refractivity contribution in [3.05, 3.63) is 11.6 Å². The Morgan fingerprint density at radius 3 is 2.88 bits per heavy atom. The first-order valence-electron chi connectivity index (χ1n) is 6.50. The summed E-state index contributed by atoms with van der Waals surface area (Å²) in [6.07, 6.45) is 5.91. The van der Waals surface area contributed by atoms with Crippen LogP contribution < -0.4 is 0 Å². The smallest absolute Gasteiger partial charge is 0.157 e. The van der Waals surface area contributed by atoms with E-state index in [-0.39, 0.29) is 6.29 Å². The first-order valence-corrected chi connectivity index (χ1v) is 6.50. The van der Waals surface area contributed by atoms with Crippen molar-refractivity contribution in [1.29, 1.82) is 0 Å². The molecule has 0 aliphatic carbocycles. The summed E-state index contributed by atoms with van der Waals surface area (Å²) in [5.74, 6) is 1.42. The van der Waals surface area contributed by atoms with Crippen LogP contribution in [-0.4, -0.2) is 19.5 Å². The highest BCUT2D eigenvalue weighted by Gasteiger charge is 2.29. The minimum Gasteiger partial charge on any atom is -0.353 e. The highest BCUT2D eigenvalue weighted by Crippen LogP contribution is 2.29. The summed E-state index contributed by atoms with van der Waals surface area (Å²) >= 11 is 0. The van der Waals surface area contributed by atoms with Crippen molar-refractivity contribution in [2.75, 3.05) is 13.2 Å². The zero-order valence-electron chi connectivity index (χ0n) is 11.2. The van der Waals surface area contributed by atoms with E-state index in [1.807, 2.05) is 6.92 Å². The molecule has 1 heterocycles. The third-order valence-corrected chi connectivity index (χ3v) is 3.32. The standard InChI is InChI=1S/C14H26O2/c1-5-15-14-9-13(10-16-14)12(4)8-6-7-11(2)3/h7,12-14H,5-6,8-10H2,1-4H3. The largest absolute Gasteiger partial charge is 0.353 e.